The van der Waals surface area contributed by atoms with Crippen LogP contribution >= 0.6 is 11.3 Å². The van der Waals surface area contributed by atoms with Crippen LogP contribution in [0.1, 0.15) is 34.0 Å². The van der Waals surface area contributed by atoms with E-state index in [0.717, 1.165) is 17.0 Å². The van der Waals surface area contributed by atoms with Gasteiger partial charge in [0.1, 0.15) is 5.75 Å². The number of benzene rings is 1. The van der Waals surface area contributed by atoms with Gasteiger partial charge in [-0.1, -0.05) is 6.92 Å². The van der Waals surface area contributed by atoms with E-state index in [0.29, 0.717) is 5.56 Å². The highest BCUT2D eigenvalue weighted by Crippen LogP contribution is 2.17. The Kier molecular flexibility index (Phi) is 4.53. The van der Waals surface area contributed by atoms with Crippen LogP contribution in [0.3, 0.4) is 0 Å². The first-order valence-corrected chi connectivity index (χ1v) is 7.14. The molecule has 0 spiro atoms. The van der Waals surface area contributed by atoms with E-state index in [1.165, 1.54) is 17.0 Å². The SMILES string of the molecule is CCc1ccc(/C(C)=N/NC(=O)c2ccc(O)cc2)s1. The van der Waals surface area contributed by atoms with Crippen LogP contribution in [0.5, 0.6) is 5.75 Å². The molecule has 104 valence electrons. The van der Waals surface area contributed by atoms with Crippen LogP contribution in [0.2, 0.25) is 0 Å². The highest BCUT2D eigenvalue weighted by atomic mass is 32.1. The average molecular weight is 288 g/mol. The van der Waals surface area contributed by atoms with Crippen molar-refractivity contribution in [3.63, 3.8) is 0 Å². The van der Waals surface area contributed by atoms with Gasteiger partial charge >= 0.3 is 0 Å². The fourth-order valence-electron chi connectivity index (χ4n) is 1.63. The van der Waals surface area contributed by atoms with Crippen molar-refractivity contribution in [2.24, 2.45) is 5.10 Å². The van der Waals surface area contributed by atoms with Gasteiger partial charge in [-0.2, -0.15) is 5.10 Å². The number of hydrazone groups is 1. The number of nitrogens with zero attached hydrogens (tertiary/aromatic N) is 1. The van der Waals surface area contributed by atoms with Gasteiger partial charge < -0.3 is 5.11 Å². The molecule has 0 bridgehead atoms. The number of phenols is 1. The highest BCUT2D eigenvalue weighted by molar-refractivity contribution is 7.14. The lowest BCUT2D eigenvalue weighted by molar-refractivity contribution is 0.0955. The highest BCUT2D eigenvalue weighted by Gasteiger charge is 2.06. The minimum Gasteiger partial charge on any atom is -0.508 e. The molecule has 1 aromatic carbocycles. The molecule has 0 aliphatic heterocycles. The van der Waals surface area contributed by atoms with E-state index in [9.17, 15) is 9.90 Å². The topological polar surface area (TPSA) is 61.7 Å². The summed E-state index contributed by atoms with van der Waals surface area (Å²) in [7, 11) is 0. The number of thiophene rings is 1. The number of nitrogens with one attached hydrogen (secondary N) is 1. The summed E-state index contributed by atoms with van der Waals surface area (Å²) in [6.45, 7) is 3.97. The van der Waals surface area contributed by atoms with Crippen LogP contribution in [0.15, 0.2) is 41.5 Å². The largest absolute Gasteiger partial charge is 0.508 e. The number of rotatable bonds is 4. The number of hydrogen-bond acceptors (Lipinski definition) is 4. The van der Waals surface area contributed by atoms with E-state index in [2.05, 4.69) is 23.5 Å². The molecule has 0 unspecified atom stereocenters. The second kappa shape index (κ2) is 6.34. The van der Waals surface area contributed by atoms with E-state index in [1.807, 2.05) is 13.0 Å². The van der Waals surface area contributed by atoms with Gasteiger partial charge in [0.15, 0.2) is 0 Å². The smallest absolute Gasteiger partial charge is 0.271 e. The van der Waals surface area contributed by atoms with Gasteiger partial charge in [0.25, 0.3) is 5.91 Å². The Labute approximate surface area is 121 Å². The number of amides is 1. The van der Waals surface area contributed by atoms with E-state index >= 15 is 0 Å². The molecule has 5 heteroatoms. The van der Waals surface area contributed by atoms with Crippen molar-refractivity contribution >= 4 is 23.0 Å². The molecular weight excluding hydrogens is 272 g/mol. The third-order valence-electron chi connectivity index (χ3n) is 2.82. The number of hydrogen-bond donors (Lipinski definition) is 2. The van der Waals surface area contributed by atoms with Crippen molar-refractivity contribution in [2.75, 3.05) is 0 Å². The van der Waals surface area contributed by atoms with Crippen LogP contribution < -0.4 is 5.43 Å². The number of carbonyl (C=O) groups is 1. The summed E-state index contributed by atoms with van der Waals surface area (Å²) in [6.07, 6.45) is 0.998. The molecule has 20 heavy (non-hydrogen) atoms. The first-order valence-electron chi connectivity index (χ1n) is 6.33. The monoisotopic (exact) mass is 288 g/mol. The quantitative estimate of drug-likeness (QED) is 0.670. The summed E-state index contributed by atoms with van der Waals surface area (Å²) in [5.74, 6) is -0.163. The van der Waals surface area contributed by atoms with E-state index in [-0.39, 0.29) is 11.7 Å². The molecule has 2 aromatic rings. The maximum Gasteiger partial charge on any atom is 0.271 e. The lowest BCUT2D eigenvalue weighted by Crippen LogP contribution is -2.18. The fraction of sp³-hybridized carbons (Fsp3) is 0.200. The van der Waals surface area contributed by atoms with Gasteiger partial charge in [-0.3, -0.25) is 4.79 Å². The summed E-state index contributed by atoms with van der Waals surface area (Å²) < 4.78 is 0. The van der Waals surface area contributed by atoms with Gasteiger partial charge in [-0.25, -0.2) is 5.43 Å². The van der Waals surface area contributed by atoms with E-state index in [1.54, 1.807) is 23.5 Å². The average Bonchev–Trinajstić information content (AvgIpc) is 2.94. The van der Waals surface area contributed by atoms with Gasteiger partial charge in [0.05, 0.1) is 10.6 Å². The molecule has 1 heterocycles. The molecule has 2 N–H and O–H groups in total. The molecule has 0 atom stereocenters. The zero-order valence-corrected chi connectivity index (χ0v) is 12.2. The molecule has 0 aliphatic rings. The standard InChI is InChI=1S/C15H16N2O2S/c1-3-13-8-9-14(20-13)10(2)16-17-15(19)11-4-6-12(18)7-5-11/h4-9,18H,3H2,1-2H3,(H,17,19)/b16-10+. The molecule has 0 saturated carbocycles. The predicted octanol–water partition coefficient (Wildman–Crippen LogP) is 3.17. The Morgan fingerprint density at radius 3 is 2.55 bits per heavy atom. The first kappa shape index (κ1) is 14.3. The van der Waals surface area contributed by atoms with E-state index < -0.39 is 0 Å². The van der Waals surface area contributed by atoms with E-state index in [4.69, 9.17) is 0 Å². The van der Waals surface area contributed by atoms with Gasteiger partial charge in [-0.15, -0.1) is 11.3 Å². The van der Waals surface area contributed by atoms with Crippen molar-refractivity contribution in [3.05, 3.63) is 51.7 Å². The van der Waals surface area contributed by atoms with Gasteiger partial charge in [0, 0.05) is 10.4 Å². The van der Waals surface area contributed by atoms with Crippen molar-refractivity contribution < 1.29 is 9.90 Å². The number of carbonyl (C=O) groups excluding carboxylic acids is 1. The van der Waals surface area contributed by atoms with Gasteiger partial charge in [-0.05, 0) is 49.7 Å². The molecule has 1 aromatic heterocycles. The van der Waals surface area contributed by atoms with Crippen molar-refractivity contribution in [1.82, 2.24) is 5.43 Å². The molecule has 0 saturated heterocycles. The fourth-order valence-corrected chi connectivity index (χ4v) is 2.52. The molecule has 0 aliphatic carbocycles. The zero-order valence-electron chi connectivity index (χ0n) is 11.4. The van der Waals surface area contributed by atoms with Crippen LogP contribution in [-0.2, 0) is 6.42 Å². The van der Waals surface area contributed by atoms with Crippen LogP contribution in [0, 0.1) is 0 Å². The van der Waals surface area contributed by atoms with Crippen molar-refractivity contribution in [2.45, 2.75) is 20.3 Å². The summed E-state index contributed by atoms with van der Waals surface area (Å²) in [4.78, 5) is 14.2. The van der Waals surface area contributed by atoms with Crippen molar-refractivity contribution in [3.8, 4) is 5.75 Å². The minimum atomic E-state index is -0.295. The number of aromatic hydroxyl groups is 1. The normalized spacial score (nSPS) is 11.4. The molecule has 0 fully saturated rings. The molecule has 0 radical (unpaired) electrons. The lowest BCUT2D eigenvalue weighted by Gasteiger charge is -2.01. The lowest BCUT2D eigenvalue weighted by atomic mass is 10.2. The zero-order chi connectivity index (χ0) is 14.5. The second-order valence-electron chi connectivity index (χ2n) is 4.30. The van der Waals surface area contributed by atoms with Crippen LogP contribution in [0.4, 0.5) is 0 Å². The summed E-state index contributed by atoms with van der Waals surface area (Å²) >= 11 is 1.68. The first-order chi connectivity index (χ1) is 9.60. The molecule has 1 amide bonds. The number of aryl methyl sites for hydroxylation is 1. The molecular formula is C15H16N2O2S. The molecule has 4 nitrogen and oxygen atoms in total. The summed E-state index contributed by atoms with van der Waals surface area (Å²) in [5.41, 5.74) is 3.76. The van der Waals surface area contributed by atoms with Gasteiger partial charge in [0.2, 0.25) is 0 Å². The van der Waals surface area contributed by atoms with Crippen LogP contribution in [0.25, 0.3) is 0 Å². The Balaban J connectivity index is 2.04. The summed E-state index contributed by atoms with van der Waals surface area (Å²) in [5, 5.41) is 13.3. The Morgan fingerprint density at radius 2 is 1.95 bits per heavy atom. The molecule has 2 rings (SSSR count). The van der Waals surface area contributed by atoms with Crippen LogP contribution in [-0.4, -0.2) is 16.7 Å². The Bertz CT molecular complexity index is 630. The predicted molar refractivity (Wildman–Crippen MR) is 81.5 cm³/mol. The Hall–Kier alpha value is -2.14. The number of phenolic OH excluding ortho intramolecular Hbond substituents is 1. The minimum absolute atomic E-state index is 0.131. The third kappa shape index (κ3) is 3.45. The second-order valence-corrected chi connectivity index (χ2v) is 5.47. The maximum atomic E-state index is 11.9. The Morgan fingerprint density at radius 1 is 1.25 bits per heavy atom. The maximum absolute atomic E-state index is 11.9. The summed E-state index contributed by atoms with van der Waals surface area (Å²) in [6, 6.07) is 10.1. The third-order valence-corrected chi connectivity index (χ3v) is 4.16. The van der Waals surface area contributed by atoms with Crippen molar-refractivity contribution in [1.29, 1.82) is 0 Å².